The van der Waals surface area contributed by atoms with Gasteiger partial charge in [-0.1, -0.05) is 0 Å². The fraction of sp³-hybridized carbons (Fsp3) is 0.375. The number of nitro groups is 1. The molecule has 1 aromatic rings. The maximum Gasteiger partial charge on any atom is 0.276 e. The minimum Gasteiger partial charge on any atom is -0.383 e. The van der Waals surface area contributed by atoms with E-state index in [1.165, 1.54) is 12.1 Å². The molecule has 1 saturated carbocycles. The molecule has 1 heterocycles. The number of rotatable bonds is 3. The van der Waals surface area contributed by atoms with Crippen LogP contribution in [0.15, 0.2) is 12.1 Å². The van der Waals surface area contributed by atoms with Crippen molar-refractivity contribution in [2.75, 3.05) is 11.1 Å². The van der Waals surface area contributed by atoms with Crippen LogP contribution in [0.1, 0.15) is 12.8 Å². The molecule has 0 aromatic carbocycles. The van der Waals surface area contributed by atoms with Crippen molar-refractivity contribution in [2.45, 2.75) is 18.9 Å². The molecule has 0 bridgehead atoms. The van der Waals surface area contributed by atoms with Crippen LogP contribution in [0, 0.1) is 10.1 Å². The summed E-state index contributed by atoms with van der Waals surface area (Å²) in [7, 11) is 0. The smallest absolute Gasteiger partial charge is 0.276 e. The van der Waals surface area contributed by atoms with Crippen molar-refractivity contribution in [2.24, 2.45) is 0 Å². The van der Waals surface area contributed by atoms with E-state index >= 15 is 0 Å². The third-order valence-electron chi connectivity index (χ3n) is 1.97. The summed E-state index contributed by atoms with van der Waals surface area (Å²) in [6.45, 7) is 0. The zero-order valence-electron chi connectivity index (χ0n) is 7.43. The first kappa shape index (κ1) is 8.74. The molecular formula is C8H10N4O2. The minimum atomic E-state index is -0.476. The summed E-state index contributed by atoms with van der Waals surface area (Å²) in [5.41, 5.74) is 5.41. The molecule has 0 unspecified atom stereocenters. The highest BCUT2D eigenvalue weighted by Crippen LogP contribution is 2.26. The van der Waals surface area contributed by atoms with Crippen LogP contribution in [0.3, 0.4) is 0 Å². The zero-order chi connectivity index (χ0) is 10.1. The summed E-state index contributed by atoms with van der Waals surface area (Å²) < 4.78 is 0. The molecule has 14 heavy (non-hydrogen) atoms. The highest BCUT2D eigenvalue weighted by Gasteiger charge is 2.22. The molecule has 2 rings (SSSR count). The number of hydrogen-bond donors (Lipinski definition) is 2. The van der Waals surface area contributed by atoms with E-state index in [0.717, 1.165) is 12.8 Å². The first-order chi connectivity index (χ1) is 6.65. The monoisotopic (exact) mass is 194 g/mol. The van der Waals surface area contributed by atoms with Gasteiger partial charge < -0.3 is 11.1 Å². The second-order valence-electron chi connectivity index (χ2n) is 3.31. The lowest BCUT2D eigenvalue weighted by molar-refractivity contribution is -0.384. The van der Waals surface area contributed by atoms with Gasteiger partial charge in [0.15, 0.2) is 0 Å². The van der Waals surface area contributed by atoms with Crippen molar-refractivity contribution in [3.63, 3.8) is 0 Å². The van der Waals surface area contributed by atoms with E-state index in [1.807, 2.05) is 0 Å². The Kier molecular flexibility index (Phi) is 1.95. The van der Waals surface area contributed by atoms with Crippen LogP contribution in [-0.2, 0) is 0 Å². The average molecular weight is 194 g/mol. The number of nitrogens with zero attached hydrogens (tertiary/aromatic N) is 2. The Balaban J connectivity index is 2.25. The highest BCUT2D eigenvalue weighted by atomic mass is 16.6. The number of nitrogens with two attached hydrogens (primary N) is 1. The predicted octanol–water partition coefficient (Wildman–Crippen LogP) is 1.15. The fourth-order valence-corrected chi connectivity index (χ4v) is 1.15. The SMILES string of the molecule is Nc1cc([N+](=O)[O-])cc(NC2CC2)n1. The van der Waals surface area contributed by atoms with Gasteiger partial charge in [-0.2, -0.15) is 0 Å². The van der Waals surface area contributed by atoms with Gasteiger partial charge in [0.1, 0.15) is 11.6 Å². The van der Waals surface area contributed by atoms with Gasteiger partial charge in [0, 0.05) is 6.04 Å². The molecule has 0 atom stereocenters. The Bertz CT molecular complexity index is 376. The van der Waals surface area contributed by atoms with Crippen LogP contribution in [0.5, 0.6) is 0 Å². The largest absolute Gasteiger partial charge is 0.383 e. The highest BCUT2D eigenvalue weighted by molar-refractivity contribution is 5.53. The Hall–Kier alpha value is -1.85. The van der Waals surface area contributed by atoms with Crippen molar-refractivity contribution in [3.8, 4) is 0 Å². The lowest BCUT2D eigenvalue weighted by Gasteiger charge is -2.03. The molecule has 3 N–H and O–H groups in total. The molecule has 0 aliphatic heterocycles. The maximum absolute atomic E-state index is 10.5. The normalized spacial score (nSPS) is 15.1. The maximum atomic E-state index is 10.5. The number of hydrogen-bond acceptors (Lipinski definition) is 5. The molecule has 6 heteroatoms. The molecule has 1 aliphatic carbocycles. The van der Waals surface area contributed by atoms with Gasteiger partial charge in [-0.3, -0.25) is 10.1 Å². The minimum absolute atomic E-state index is 0.0272. The van der Waals surface area contributed by atoms with Crippen LogP contribution in [0.4, 0.5) is 17.3 Å². The molecular weight excluding hydrogens is 184 g/mol. The molecule has 1 fully saturated rings. The third-order valence-corrected chi connectivity index (χ3v) is 1.97. The van der Waals surface area contributed by atoms with Crippen LogP contribution < -0.4 is 11.1 Å². The average Bonchev–Trinajstić information content (AvgIpc) is 2.87. The second kappa shape index (κ2) is 3.13. The molecule has 1 aliphatic rings. The van der Waals surface area contributed by atoms with E-state index < -0.39 is 4.92 Å². The van der Waals surface area contributed by atoms with Crippen molar-refractivity contribution in [3.05, 3.63) is 22.2 Å². The van der Waals surface area contributed by atoms with Gasteiger partial charge in [-0.15, -0.1) is 0 Å². The molecule has 0 radical (unpaired) electrons. The number of nitrogen functional groups attached to an aromatic ring is 1. The Morgan fingerprint density at radius 1 is 1.57 bits per heavy atom. The number of nitrogens with one attached hydrogen (secondary N) is 1. The van der Waals surface area contributed by atoms with Gasteiger partial charge in [0.05, 0.1) is 17.1 Å². The topological polar surface area (TPSA) is 94.1 Å². The number of pyridine rings is 1. The van der Waals surface area contributed by atoms with Crippen LogP contribution in [0.2, 0.25) is 0 Å². The Labute approximate surface area is 80.3 Å². The standard InChI is InChI=1S/C8H10N4O2/c9-7-3-6(12(13)14)4-8(11-7)10-5-1-2-5/h3-5H,1-2H2,(H3,9,10,11). The van der Waals surface area contributed by atoms with Crippen molar-refractivity contribution >= 4 is 17.3 Å². The first-order valence-corrected chi connectivity index (χ1v) is 4.33. The summed E-state index contributed by atoms with van der Waals surface area (Å²) >= 11 is 0. The predicted molar refractivity (Wildman–Crippen MR) is 51.9 cm³/mol. The second-order valence-corrected chi connectivity index (χ2v) is 3.31. The summed E-state index contributed by atoms with van der Waals surface area (Å²) in [6.07, 6.45) is 2.18. The van der Waals surface area contributed by atoms with Gasteiger partial charge in [-0.25, -0.2) is 4.98 Å². The lowest BCUT2D eigenvalue weighted by Crippen LogP contribution is -2.05. The molecule has 0 amide bonds. The quantitative estimate of drug-likeness (QED) is 0.556. The summed E-state index contributed by atoms with van der Waals surface area (Å²) in [4.78, 5) is 14.0. The Morgan fingerprint density at radius 2 is 2.29 bits per heavy atom. The molecule has 0 saturated heterocycles. The van der Waals surface area contributed by atoms with Crippen molar-refractivity contribution in [1.29, 1.82) is 0 Å². The number of aromatic nitrogens is 1. The van der Waals surface area contributed by atoms with Crippen molar-refractivity contribution in [1.82, 2.24) is 4.98 Å². The van der Waals surface area contributed by atoms with Gasteiger partial charge >= 0.3 is 0 Å². The van der Waals surface area contributed by atoms with Crippen molar-refractivity contribution < 1.29 is 4.92 Å². The molecule has 0 spiro atoms. The van der Waals surface area contributed by atoms with E-state index in [9.17, 15) is 10.1 Å². The van der Waals surface area contributed by atoms with Gasteiger partial charge in [0.25, 0.3) is 5.69 Å². The summed E-state index contributed by atoms with van der Waals surface area (Å²) in [6, 6.07) is 3.05. The molecule has 1 aromatic heterocycles. The Morgan fingerprint density at radius 3 is 2.86 bits per heavy atom. The molecule has 6 nitrogen and oxygen atoms in total. The van der Waals surface area contributed by atoms with Gasteiger partial charge in [0.2, 0.25) is 0 Å². The first-order valence-electron chi connectivity index (χ1n) is 4.33. The summed E-state index contributed by atoms with van der Waals surface area (Å²) in [5.74, 6) is 0.654. The lowest BCUT2D eigenvalue weighted by atomic mass is 10.3. The zero-order valence-corrected chi connectivity index (χ0v) is 7.43. The van der Waals surface area contributed by atoms with E-state index in [0.29, 0.717) is 11.9 Å². The number of anilines is 2. The van der Waals surface area contributed by atoms with Crippen LogP contribution in [0.25, 0.3) is 0 Å². The van der Waals surface area contributed by atoms with E-state index in [2.05, 4.69) is 10.3 Å². The van der Waals surface area contributed by atoms with E-state index in [4.69, 9.17) is 5.73 Å². The molecule has 74 valence electrons. The van der Waals surface area contributed by atoms with E-state index in [1.54, 1.807) is 0 Å². The van der Waals surface area contributed by atoms with Crippen LogP contribution >= 0.6 is 0 Å². The van der Waals surface area contributed by atoms with Gasteiger partial charge in [-0.05, 0) is 12.8 Å². The van der Waals surface area contributed by atoms with Crippen LogP contribution in [-0.4, -0.2) is 15.9 Å². The summed E-state index contributed by atoms with van der Waals surface area (Å²) in [5, 5.41) is 13.6. The fourth-order valence-electron chi connectivity index (χ4n) is 1.15. The third kappa shape index (κ3) is 1.90. The van der Waals surface area contributed by atoms with E-state index in [-0.39, 0.29) is 11.5 Å².